The molecule has 0 fully saturated rings. The van der Waals surface area contributed by atoms with E-state index in [2.05, 4.69) is 24.6 Å². The van der Waals surface area contributed by atoms with E-state index < -0.39 is 6.03 Å². The van der Waals surface area contributed by atoms with Gasteiger partial charge in [-0.3, -0.25) is 4.84 Å². The van der Waals surface area contributed by atoms with Crippen molar-refractivity contribution in [2.75, 3.05) is 11.9 Å². The molecule has 0 bridgehead atoms. The Morgan fingerprint density at radius 3 is 2.76 bits per heavy atom. The summed E-state index contributed by atoms with van der Waals surface area (Å²) in [5, 5.41) is 3.08. The lowest BCUT2D eigenvalue weighted by atomic mass is 10.1. The SMILES string of the molecule is CC(C)CCONC(=O)Nc1ccccc1Cl. The number of carbonyl (C=O) groups is 1. The molecule has 4 nitrogen and oxygen atoms in total. The second-order valence-electron chi connectivity index (χ2n) is 4.07. The third-order valence-corrected chi connectivity index (χ3v) is 2.41. The van der Waals surface area contributed by atoms with Crippen molar-refractivity contribution in [2.45, 2.75) is 20.3 Å². The highest BCUT2D eigenvalue weighted by atomic mass is 35.5. The third kappa shape index (κ3) is 5.56. The van der Waals surface area contributed by atoms with Crippen molar-refractivity contribution in [3.05, 3.63) is 29.3 Å². The average molecular weight is 257 g/mol. The van der Waals surface area contributed by atoms with Crippen LogP contribution in [0.5, 0.6) is 0 Å². The maximum Gasteiger partial charge on any atom is 0.343 e. The maximum absolute atomic E-state index is 11.4. The Morgan fingerprint density at radius 2 is 2.12 bits per heavy atom. The summed E-state index contributed by atoms with van der Waals surface area (Å²) >= 11 is 5.89. The molecule has 0 unspecified atom stereocenters. The normalized spacial score (nSPS) is 10.4. The van der Waals surface area contributed by atoms with Gasteiger partial charge in [0.25, 0.3) is 0 Å². The minimum absolute atomic E-state index is 0.429. The molecule has 94 valence electrons. The number of carbonyl (C=O) groups excluding carboxylic acids is 1. The van der Waals surface area contributed by atoms with Crippen molar-refractivity contribution in [1.29, 1.82) is 0 Å². The molecule has 2 N–H and O–H groups in total. The van der Waals surface area contributed by atoms with Crippen LogP contribution in [0.3, 0.4) is 0 Å². The molecule has 17 heavy (non-hydrogen) atoms. The minimum atomic E-state index is -0.429. The first-order valence-corrected chi connectivity index (χ1v) is 5.90. The van der Waals surface area contributed by atoms with Crippen LogP contribution in [0.2, 0.25) is 5.02 Å². The quantitative estimate of drug-likeness (QED) is 0.626. The van der Waals surface area contributed by atoms with Gasteiger partial charge in [0.15, 0.2) is 0 Å². The second-order valence-corrected chi connectivity index (χ2v) is 4.47. The third-order valence-electron chi connectivity index (χ3n) is 2.08. The van der Waals surface area contributed by atoms with E-state index in [1.165, 1.54) is 0 Å². The van der Waals surface area contributed by atoms with Gasteiger partial charge < -0.3 is 5.32 Å². The van der Waals surface area contributed by atoms with Crippen molar-refractivity contribution in [3.63, 3.8) is 0 Å². The Balaban J connectivity index is 2.28. The Bertz CT molecular complexity index is 369. The van der Waals surface area contributed by atoms with Gasteiger partial charge in [0, 0.05) is 0 Å². The molecule has 0 saturated heterocycles. The smallest absolute Gasteiger partial charge is 0.305 e. The lowest BCUT2D eigenvalue weighted by molar-refractivity contribution is 0.0589. The highest BCUT2D eigenvalue weighted by Crippen LogP contribution is 2.19. The van der Waals surface area contributed by atoms with E-state index in [-0.39, 0.29) is 0 Å². The average Bonchev–Trinajstić information content (AvgIpc) is 2.27. The first-order valence-electron chi connectivity index (χ1n) is 5.53. The van der Waals surface area contributed by atoms with E-state index in [0.717, 1.165) is 6.42 Å². The van der Waals surface area contributed by atoms with Gasteiger partial charge in [0.1, 0.15) is 0 Å². The van der Waals surface area contributed by atoms with Crippen molar-refractivity contribution in [3.8, 4) is 0 Å². The van der Waals surface area contributed by atoms with Gasteiger partial charge in [0.05, 0.1) is 17.3 Å². The van der Waals surface area contributed by atoms with E-state index in [0.29, 0.717) is 23.2 Å². The van der Waals surface area contributed by atoms with Crippen LogP contribution in [0.4, 0.5) is 10.5 Å². The monoisotopic (exact) mass is 256 g/mol. The van der Waals surface area contributed by atoms with Crippen LogP contribution in [0, 0.1) is 5.92 Å². The van der Waals surface area contributed by atoms with Gasteiger partial charge in [-0.1, -0.05) is 37.6 Å². The van der Waals surface area contributed by atoms with Crippen molar-refractivity contribution in [1.82, 2.24) is 5.48 Å². The summed E-state index contributed by atoms with van der Waals surface area (Å²) in [7, 11) is 0. The lowest BCUT2D eigenvalue weighted by Crippen LogP contribution is -2.29. The van der Waals surface area contributed by atoms with E-state index in [1.54, 1.807) is 24.3 Å². The van der Waals surface area contributed by atoms with Crippen LogP contribution in [0.1, 0.15) is 20.3 Å². The van der Waals surface area contributed by atoms with Crippen molar-refractivity contribution >= 4 is 23.3 Å². The number of urea groups is 1. The fraction of sp³-hybridized carbons (Fsp3) is 0.417. The highest BCUT2D eigenvalue weighted by Gasteiger charge is 2.04. The molecule has 0 radical (unpaired) electrons. The largest absolute Gasteiger partial charge is 0.343 e. The lowest BCUT2D eigenvalue weighted by Gasteiger charge is -2.09. The molecule has 0 heterocycles. The molecule has 1 aromatic rings. The highest BCUT2D eigenvalue weighted by molar-refractivity contribution is 6.33. The Morgan fingerprint density at radius 1 is 1.41 bits per heavy atom. The molecule has 0 saturated carbocycles. The first-order chi connectivity index (χ1) is 8.09. The van der Waals surface area contributed by atoms with Crippen LogP contribution in [-0.4, -0.2) is 12.6 Å². The number of anilines is 1. The van der Waals surface area contributed by atoms with Gasteiger partial charge in [-0.15, -0.1) is 0 Å². The maximum atomic E-state index is 11.4. The molecule has 0 spiro atoms. The van der Waals surface area contributed by atoms with E-state index in [9.17, 15) is 4.79 Å². The van der Waals surface area contributed by atoms with Crippen LogP contribution in [0.15, 0.2) is 24.3 Å². The van der Waals surface area contributed by atoms with Crippen LogP contribution in [0.25, 0.3) is 0 Å². The zero-order valence-corrected chi connectivity index (χ0v) is 10.8. The molecule has 0 aromatic heterocycles. The molecule has 0 atom stereocenters. The zero-order chi connectivity index (χ0) is 12.7. The molecular weight excluding hydrogens is 240 g/mol. The molecular formula is C12H17ClN2O2. The first kappa shape index (κ1) is 13.8. The summed E-state index contributed by atoms with van der Waals surface area (Å²) in [4.78, 5) is 16.4. The summed E-state index contributed by atoms with van der Waals surface area (Å²) in [5.74, 6) is 0.545. The molecule has 1 aromatic carbocycles. The molecule has 5 heteroatoms. The number of rotatable bonds is 5. The standard InChI is InChI=1S/C12H17ClN2O2/c1-9(2)7-8-17-15-12(16)14-11-6-4-3-5-10(11)13/h3-6,9H,7-8H2,1-2H3,(H2,14,15,16). The van der Waals surface area contributed by atoms with Gasteiger partial charge in [-0.25, -0.2) is 10.3 Å². The number of hydrogen-bond donors (Lipinski definition) is 2. The summed E-state index contributed by atoms with van der Waals surface area (Å²) in [6, 6.07) is 6.58. The van der Waals surface area contributed by atoms with Crippen LogP contribution < -0.4 is 10.8 Å². The number of para-hydroxylation sites is 1. The number of nitrogens with one attached hydrogen (secondary N) is 2. The van der Waals surface area contributed by atoms with Crippen LogP contribution in [-0.2, 0) is 4.84 Å². The number of benzene rings is 1. The predicted octanol–water partition coefficient (Wildman–Crippen LogP) is 3.44. The Kier molecular flexibility index (Phi) is 5.80. The number of amides is 2. The molecule has 0 aliphatic rings. The predicted molar refractivity (Wildman–Crippen MR) is 69.0 cm³/mol. The molecule has 2 amide bonds. The van der Waals surface area contributed by atoms with Gasteiger partial charge in [0.2, 0.25) is 0 Å². The minimum Gasteiger partial charge on any atom is -0.305 e. The summed E-state index contributed by atoms with van der Waals surface area (Å²) in [6.45, 7) is 4.67. The Hall–Kier alpha value is -1.26. The fourth-order valence-corrected chi connectivity index (χ4v) is 1.30. The van der Waals surface area contributed by atoms with Crippen molar-refractivity contribution < 1.29 is 9.63 Å². The van der Waals surface area contributed by atoms with E-state index in [4.69, 9.17) is 16.4 Å². The Labute approximate surface area is 106 Å². The van der Waals surface area contributed by atoms with Crippen molar-refractivity contribution in [2.24, 2.45) is 5.92 Å². The van der Waals surface area contributed by atoms with E-state index >= 15 is 0 Å². The zero-order valence-electron chi connectivity index (χ0n) is 10.00. The van der Waals surface area contributed by atoms with Crippen LogP contribution >= 0.6 is 11.6 Å². The summed E-state index contributed by atoms with van der Waals surface area (Å²) in [5.41, 5.74) is 2.86. The summed E-state index contributed by atoms with van der Waals surface area (Å²) < 4.78 is 0. The fourth-order valence-electron chi connectivity index (χ4n) is 1.12. The van der Waals surface area contributed by atoms with Gasteiger partial charge in [-0.2, -0.15) is 0 Å². The molecule has 0 aliphatic heterocycles. The number of hydrogen-bond acceptors (Lipinski definition) is 2. The number of halogens is 1. The van der Waals surface area contributed by atoms with Gasteiger partial charge in [-0.05, 0) is 24.5 Å². The molecule has 1 rings (SSSR count). The second kappa shape index (κ2) is 7.14. The topological polar surface area (TPSA) is 50.4 Å². The number of hydroxylamine groups is 1. The van der Waals surface area contributed by atoms with E-state index in [1.807, 2.05) is 0 Å². The van der Waals surface area contributed by atoms with Gasteiger partial charge >= 0.3 is 6.03 Å². The molecule has 0 aliphatic carbocycles. The summed E-state index contributed by atoms with van der Waals surface area (Å²) in [6.07, 6.45) is 0.895.